The van der Waals surface area contributed by atoms with E-state index in [-0.39, 0.29) is 17.9 Å². The molecule has 4 nitrogen and oxygen atoms in total. The Bertz CT molecular complexity index is 290. The Balaban J connectivity index is 2.09. The number of fused-ring (bicyclic) bond motifs is 1. The molecular formula is C12H19NO3. The summed E-state index contributed by atoms with van der Waals surface area (Å²) in [6.45, 7) is 2.82. The van der Waals surface area contributed by atoms with Gasteiger partial charge in [-0.1, -0.05) is 26.2 Å². The highest BCUT2D eigenvalue weighted by molar-refractivity contribution is 5.89. The zero-order valence-electron chi connectivity index (χ0n) is 9.78. The lowest BCUT2D eigenvalue weighted by molar-refractivity contribution is -0.152. The van der Waals surface area contributed by atoms with Gasteiger partial charge < -0.3 is 9.64 Å². The third-order valence-corrected chi connectivity index (χ3v) is 3.61. The molecule has 4 heteroatoms. The molecule has 16 heavy (non-hydrogen) atoms. The fourth-order valence-electron chi connectivity index (χ4n) is 2.70. The van der Waals surface area contributed by atoms with Crippen LogP contribution in [0.1, 0.15) is 45.4 Å². The van der Waals surface area contributed by atoms with Crippen LogP contribution in [0.5, 0.6) is 0 Å². The number of nitrogens with zero attached hydrogens (tertiary/aromatic N) is 1. The molecule has 1 saturated heterocycles. The molecular weight excluding hydrogens is 206 g/mol. The van der Waals surface area contributed by atoms with Gasteiger partial charge in [-0.3, -0.25) is 4.79 Å². The predicted molar refractivity (Wildman–Crippen MR) is 58.8 cm³/mol. The largest absolute Gasteiger partial charge is 0.417 e. The standard InChI is InChI=1S/C12H19NO3/c1-2-3-8-13-10-7-5-4-6-9(10)11(14)16-12(13)15/h9-10H,2-8H2,1H3. The lowest BCUT2D eigenvalue weighted by Crippen LogP contribution is -2.54. The Morgan fingerprint density at radius 3 is 2.81 bits per heavy atom. The number of hydrogen-bond donors (Lipinski definition) is 0. The van der Waals surface area contributed by atoms with E-state index >= 15 is 0 Å². The fraction of sp³-hybridized carbons (Fsp3) is 0.833. The summed E-state index contributed by atoms with van der Waals surface area (Å²) >= 11 is 0. The quantitative estimate of drug-likeness (QED) is 0.547. The second-order valence-corrected chi connectivity index (χ2v) is 4.69. The van der Waals surface area contributed by atoms with Gasteiger partial charge in [-0.05, 0) is 19.3 Å². The number of amides is 1. The topological polar surface area (TPSA) is 46.6 Å². The summed E-state index contributed by atoms with van der Waals surface area (Å²) in [5, 5.41) is 0. The SMILES string of the molecule is CCCCN1C(=O)OC(=O)C2CCCCC21. The molecule has 2 unspecified atom stereocenters. The number of carbonyl (C=O) groups is 2. The molecule has 1 amide bonds. The van der Waals surface area contributed by atoms with E-state index in [2.05, 4.69) is 6.92 Å². The van der Waals surface area contributed by atoms with Crippen molar-refractivity contribution in [1.82, 2.24) is 4.90 Å². The molecule has 2 aliphatic rings. The summed E-state index contributed by atoms with van der Waals surface area (Å²) in [5.41, 5.74) is 0. The molecule has 1 aliphatic heterocycles. The van der Waals surface area contributed by atoms with Crippen molar-refractivity contribution in [3.05, 3.63) is 0 Å². The van der Waals surface area contributed by atoms with Gasteiger partial charge in [0.15, 0.2) is 0 Å². The first-order valence-corrected chi connectivity index (χ1v) is 6.26. The lowest BCUT2D eigenvalue weighted by atomic mass is 9.83. The maximum Gasteiger partial charge on any atom is 0.417 e. The van der Waals surface area contributed by atoms with Crippen LogP contribution in [0.3, 0.4) is 0 Å². The third kappa shape index (κ3) is 2.06. The number of hydrogen-bond acceptors (Lipinski definition) is 3. The summed E-state index contributed by atoms with van der Waals surface area (Å²) in [6.07, 6.45) is 5.62. The molecule has 0 aromatic carbocycles. The Morgan fingerprint density at radius 1 is 1.31 bits per heavy atom. The van der Waals surface area contributed by atoms with Gasteiger partial charge >= 0.3 is 12.1 Å². The van der Waals surface area contributed by atoms with Gasteiger partial charge in [0.1, 0.15) is 0 Å². The van der Waals surface area contributed by atoms with Crippen LogP contribution >= 0.6 is 0 Å². The summed E-state index contributed by atoms with van der Waals surface area (Å²) in [5.74, 6) is -0.370. The average Bonchev–Trinajstić information content (AvgIpc) is 2.29. The number of unbranched alkanes of at least 4 members (excludes halogenated alkanes) is 1. The second kappa shape index (κ2) is 4.85. The van der Waals surface area contributed by atoms with E-state index in [9.17, 15) is 9.59 Å². The van der Waals surface area contributed by atoms with Crippen LogP contribution in [0.25, 0.3) is 0 Å². The molecule has 0 radical (unpaired) electrons. The van der Waals surface area contributed by atoms with Crippen molar-refractivity contribution in [2.75, 3.05) is 6.54 Å². The molecule has 1 heterocycles. The summed E-state index contributed by atoms with van der Waals surface area (Å²) < 4.78 is 4.81. The van der Waals surface area contributed by atoms with Gasteiger partial charge in [-0.25, -0.2) is 4.79 Å². The Kier molecular flexibility index (Phi) is 3.46. The zero-order valence-corrected chi connectivity index (χ0v) is 9.78. The molecule has 2 atom stereocenters. The minimum atomic E-state index is -0.429. The Morgan fingerprint density at radius 2 is 2.06 bits per heavy atom. The number of esters is 1. The van der Waals surface area contributed by atoms with Crippen LogP contribution in [0.2, 0.25) is 0 Å². The fourth-order valence-corrected chi connectivity index (χ4v) is 2.70. The second-order valence-electron chi connectivity index (χ2n) is 4.69. The van der Waals surface area contributed by atoms with Crippen LogP contribution in [0.4, 0.5) is 4.79 Å². The van der Waals surface area contributed by atoms with Gasteiger partial charge in [0.25, 0.3) is 0 Å². The molecule has 1 saturated carbocycles. The molecule has 90 valence electrons. The van der Waals surface area contributed by atoms with Crippen molar-refractivity contribution < 1.29 is 14.3 Å². The Hall–Kier alpha value is -1.06. The first-order chi connectivity index (χ1) is 7.74. The van der Waals surface area contributed by atoms with Crippen LogP contribution in [0, 0.1) is 5.92 Å². The molecule has 0 N–H and O–H groups in total. The highest BCUT2D eigenvalue weighted by Crippen LogP contribution is 2.33. The predicted octanol–water partition coefficient (Wildman–Crippen LogP) is 2.32. The van der Waals surface area contributed by atoms with Crippen molar-refractivity contribution in [3.63, 3.8) is 0 Å². The molecule has 0 bridgehead atoms. The molecule has 0 aromatic heterocycles. The Labute approximate surface area is 95.9 Å². The van der Waals surface area contributed by atoms with Crippen molar-refractivity contribution in [2.24, 2.45) is 5.92 Å². The minimum Gasteiger partial charge on any atom is -0.376 e. The van der Waals surface area contributed by atoms with Crippen LogP contribution in [0.15, 0.2) is 0 Å². The van der Waals surface area contributed by atoms with E-state index in [4.69, 9.17) is 4.74 Å². The normalized spacial score (nSPS) is 29.9. The van der Waals surface area contributed by atoms with Crippen molar-refractivity contribution in [2.45, 2.75) is 51.5 Å². The summed E-state index contributed by atoms with van der Waals surface area (Å²) in [4.78, 5) is 25.0. The van der Waals surface area contributed by atoms with E-state index in [1.165, 1.54) is 0 Å². The van der Waals surface area contributed by atoms with E-state index in [0.717, 1.165) is 45.1 Å². The van der Waals surface area contributed by atoms with Crippen molar-refractivity contribution in [1.29, 1.82) is 0 Å². The van der Waals surface area contributed by atoms with E-state index in [0.29, 0.717) is 0 Å². The maximum absolute atomic E-state index is 11.6. The van der Waals surface area contributed by atoms with Gasteiger partial charge in [-0.2, -0.15) is 0 Å². The van der Waals surface area contributed by atoms with E-state index < -0.39 is 6.09 Å². The maximum atomic E-state index is 11.6. The third-order valence-electron chi connectivity index (χ3n) is 3.61. The summed E-state index contributed by atoms with van der Waals surface area (Å²) in [6, 6.07) is 0.106. The molecule has 2 rings (SSSR count). The minimum absolute atomic E-state index is 0.0664. The van der Waals surface area contributed by atoms with Crippen LogP contribution in [-0.4, -0.2) is 29.5 Å². The average molecular weight is 225 g/mol. The van der Waals surface area contributed by atoms with E-state index in [1.807, 2.05) is 0 Å². The molecule has 1 aliphatic carbocycles. The molecule has 0 spiro atoms. The van der Waals surface area contributed by atoms with E-state index in [1.54, 1.807) is 4.90 Å². The van der Waals surface area contributed by atoms with Gasteiger partial charge in [-0.15, -0.1) is 0 Å². The summed E-state index contributed by atoms with van der Waals surface area (Å²) in [7, 11) is 0. The first-order valence-electron chi connectivity index (χ1n) is 6.26. The number of carbonyl (C=O) groups excluding carboxylic acids is 2. The molecule has 0 aromatic rings. The number of rotatable bonds is 3. The van der Waals surface area contributed by atoms with Gasteiger partial charge in [0.05, 0.1) is 5.92 Å². The highest BCUT2D eigenvalue weighted by Gasteiger charge is 2.43. The van der Waals surface area contributed by atoms with Crippen molar-refractivity contribution in [3.8, 4) is 0 Å². The smallest absolute Gasteiger partial charge is 0.376 e. The lowest BCUT2D eigenvalue weighted by Gasteiger charge is -2.41. The zero-order chi connectivity index (χ0) is 11.5. The van der Waals surface area contributed by atoms with Crippen LogP contribution < -0.4 is 0 Å². The number of cyclic esters (lactones) is 2. The number of ether oxygens (including phenoxy) is 1. The van der Waals surface area contributed by atoms with Crippen LogP contribution in [-0.2, 0) is 9.53 Å². The van der Waals surface area contributed by atoms with Gasteiger partial charge in [0.2, 0.25) is 0 Å². The van der Waals surface area contributed by atoms with Crippen molar-refractivity contribution >= 4 is 12.1 Å². The highest BCUT2D eigenvalue weighted by atomic mass is 16.6. The molecule has 2 fully saturated rings. The first kappa shape index (κ1) is 11.4. The monoisotopic (exact) mass is 225 g/mol. The van der Waals surface area contributed by atoms with Gasteiger partial charge in [0, 0.05) is 12.6 Å².